The number of hydrogen-bond donors (Lipinski definition) is 1. The quantitative estimate of drug-likeness (QED) is 0.433. The predicted octanol–water partition coefficient (Wildman–Crippen LogP) is 7.73. The van der Waals surface area contributed by atoms with Crippen molar-refractivity contribution in [1.82, 2.24) is 5.32 Å². The summed E-state index contributed by atoms with van der Waals surface area (Å²) in [5.41, 5.74) is 2.97. The van der Waals surface area contributed by atoms with Crippen molar-refractivity contribution < 1.29 is 14.3 Å². The smallest absolute Gasteiger partial charge is 0.407 e. The highest BCUT2D eigenvalue weighted by molar-refractivity contribution is 5.68. The van der Waals surface area contributed by atoms with Gasteiger partial charge in [0.2, 0.25) is 0 Å². The fourth-order valence-corrected chi connectivity index (χ4v) is 2.67. The van der Waals surface area contributed by atoms with Gasteiger partial charge in [-0.2, -0.15) is 0 Å². The minimum atomic E-state index is -0.403. The zero-order valence-electron chi connectivity index (χ0n) is 22.4. The maximum absolute atomic E-state index is 10.9. The zero-order valence-corrected chi connectivity index (χ0v) is 22.4. The van der Waals surface area contributed by atoms with E-state index in [9.17, 15) is 4.79 Å². The van der Waals surface area contributed by atoms with E-state index in [4.69, 9.17) is 9.47 Å². The van der Waals surface area contributed by atoms with Crippen LogP contribution in [0.2, 0.25) is 0 Å². The molecular weight excluding hydrogens is 410 g/mol. The van der Waals surface area contributed by atoms with Gasteiger partial charge < -0.3 is 14.8 Å². The molecule has 0 radical (unpaired) electrons. The Kier molecular flexibility index (Phi) is 15.2. The Morgan fingerprint density at radius 2 is 1.39 bits per heavy atom. The summed E-state index contributed by atoms with van der Waals surface area (Å²) in [4.78, 5) is 10.9. The first-order chi connectivity index (χ1) is 15.5. The van der Waals surface area contributed by atoms with Gasteiger partial charge in [-0.25, -0.2) is 4.79 Å². The van der Waals surface area contributed by atoms with Crippen molar-refractivity contribution in [1.29, 1.82) is 0 Å². The highest BCUT2D eigenvalue weighted by atomic mass is 16.6. The standard InChI is InChI=1S/C11H16.C10H14.C8H17NO3/c1-4-11(2,3)10-8-6-5-7-9-10;1-3-9(2)10-7-5-4-6-8-10;1-8(2,3)9-7(10)12-6-5-11-4/h5-9H,4H2,1-3H3;4-9H,3H2,1-2H3;5-6H2,1-4H3,(H,9,10). The number of hydrogen-bond acceptors (Lipinski definition) is 3. The molecule has 0 heterocycles. The molecule has 1 N–H and O–H groups in total. The van der Waals surface area contributed by atoms with Gasteiger partial charge in [-0.3, -0.25) is 0 Å². The van der Waals surface area contributed by atoms with Crippen LogP contribution in [0.25, 0.3) is 0 Å². The summed E-state index contributed by atoms with van der Waals surface area (Å²) < 4.78 is 9.50. The van der Waals surface area contributed by atoms with Gasteiger partial charge in [0.15, 0.2) is 0 Å². The molecule has 0 aliphatic rings. The average molecular weight is 458 g/mol. The number of alkyl carbamates (subject to hydrolysis) is 1. The molecule has 4 nitrogen and oxygen atoms in total. The number of carbonyl (C=O) groups is 1. The van der Waals surface area contributed by atoms with Crippen LogP contribution < -0.4 is 5.32 Å². The normalized spacial score (nSPS) is 11.8. The number of nitrogens with one attached hydrogen (secondary N) is 1. The molecule has 2 rings (SSSR count). The molecule has 0 spiro atoms. The van der Waals surface area contributed by atoms with E-state index in [1.165, 1.54) is 24.0 Å². The Morgan fingerprint density at radius 1 is 0.879 bits per heavy atom. The van der Waals surface area contributed by atoms with Gasteiger partial charge in [-0.1, -0.05) is 95.3 Å². The van der Waals surface area contributed by atoms with E-state index in [0.29, 0.717) is 24.5 Å². The largest absolute Gasteiger partial charge is 0.447 e. The Labute approximate surface area is 203 Å². The summed E-state index contributed by atoms with van der Waals surface area (Å²) in [6.07, 6.45) is 2.01. The molecule has 2 aromatic rings. The summed E-state index contributed by atoms with van der Waals surface area (Å²) in [6.45, 7) is 17.7. The molecule has 0 aliphatic carbocycles. The maximum Gasteiger partial charge on any atom is 0.407 e. The van der Waals surface area contributed by atoms with E-state index in [1.807, 2.05) is 20.8 Å². The van der Waals surface area contributed by atoms with Crippen LogP contribution >= 0.6 is 0 Å². The summed E-state index contributed by atoms with van der Waals surface area (Å²) in [5, 5.41) is 2.66. The summed E-state index contributed by atoms with van der Waals surface area (Å²) in [5.74, 6) is 0.709. The van der Waals surface area contributed by atoms with Crippen molar-refractivity contribution in [2.24, 2.45) is 0 Å². The third kappa shape index (κ3) is 15.2. The topological polar surface area (TPSA) is 47.6 Å². The fraction of sp³-hybridized carbons (Fsp3) is 0.552. The highest BCUT2D eigenvalue weighted by Crippen LogP contribution is 2.25. The number of methoxy groups -OCH3 is 1. The molecule has 1 unspecified atom stereocenters. The van der Waals surface area contributed by atoms with Crippen molar-refractivity contribution in [3.05, 3.63) is 71.8 Å². The first kappa shape index (κ1) is 30.7. The Bertz CT molecular complexity index is 736. The highest BCUT2D eigenvalue weighted by Gasteiger charge is 2.16. The molecule has 0 aromatic heterocycles. The molecule has 0 fully saturated rings. The Balaban J connectivity index is 0.000000467. The second-order valence-corrected chi connectivity index (χ2v) is 9.83. The predicted molar refractivity (Wildman–Crippen MR) is 141 cm³/mol. The van der Waals surface area contributed by atoms with E-state index in [0.717, 1.165) is 0 Å². The Hall–Kier alpha value is -2.33. The molecule has 2 aromatic carbocycles. The third-order valence-corrected chi connectivity index (χ3v) is 5.42. The summed E-state index contributed by atoms with van der Waals surface area (Å²) in [6, 6.07) is 21.3. The van der Waals surface area contributed by atoms with Crippen molar-refractivity contribution >= 4 is 6.09 Å². The average Bonchev–Trinajstić information content (AvgIpc) is 2.79. The second kappa shape index (κ2) is 16.3. The molecule has 4 heteroatoms. The van der Waals surface area contributed by atoms with Crippen LogP contribution in [0.5, 0.6) is 0 Å². The van der Waals surface area contributed by atoms with Crippen molar-refractivity contribution in [3.63, 3.8) is 0 Å². The SMILES string of the molecule is CCC(C)(C)c1ccccc1.CCC(C)c1ccccc1.COCCOC(=O)NC(C)(C)C. The van der Waals surface area contributed by atoms with Crippen LogP contribution in [0.1, 0.15) is 85.3 Å². The minimum Gasteiger partial charge on any atom is -0.447 e. The number of amides is 1. The van der Waals surface area contributed by atoms with Gasteiger partial charge in [0.25, 0.3) is 0 Å². The molecule has 0 saturated carbocycles. The molecule has 1 amide bonds. The van der Waals surface area contributed by atoms with Crippen LogP contribution in [0.4, 0.5) is 4.79 Å². The van der Waals surface area contributed by atoms with Crippen LogP contribution in [-0.4, -0.2) is 32.0 Å². The Morgan fingerprint density at radius 3 is 1.82 bits per heavy atom. The minimum absolute atomic E-state index is 0.246. The molecule has 186 valence electrons. The number of benzene rings is 2. The molecule has 1 atom stereocenters. The molecule has 0 saturated heterocycles. The van der Waals surface area contributed by atoms with Crippen LogP contribution in [0.15, 0.2) is 60.7 Å². The van der Waals surface area contributed by atoms with E-state index in [-0.39, 0.29) is 5.54 Å². The van der Waals surface area contributed by atoms with E-state index < -0.39 is 6.09 Å². The lowest BCUT2D eigenvalue weighted by Gasteiger charge is -2.22. The van der Waals surface area contributed by atoms with Crippen molar-refractivity contribution in [2.75, 3.05) is 20.3 Å². The van der Waals surface area contributed by atoms with E-state index >= 15 is 0 Å². The third-order valence-electron chi connectivity index (χ3n) is 5.42. The molecule has 33 heavy (non-hydrogen) atoms. The van der Waals surface area contributed by atoms with E-state index in [2.05, 4.69) is 101 Å². The van der Waals surface area contributed by atoms with Gasteiger partial charge in [0.1, 0.15) is 6.61 Å². The number of ether oxygens (including phenoxy) is 2. The van der Waals surface area contributed by atoms with Crippen molar-refractivity contribution in [3.8, 4) is 0 Å². The van der Waals surface area contributed by atoms with Crippen LogP contribution in [-0.2, 0) is 14.9 Å². The zero-order chi connectivity index (χ0) is 25.3. The lowest BCUT2D eigenvalue weighted by atomic mass is 9.82. The maximum atomic E-state index is 10.9. The van der Waals surface area contributed by atoms with Crippen LogP contribution in [0, 0.1) is 0 Å². The van der Waals surface area contributed by atoms with Gasteiger partial charge in [-0.15, -0.1) is 0 Å². The van der Waals surface area contributed by atoms with Gasteiger partial charge in [0, 0.05) is 12.6 Å². The molecular formula is C29H47NO3. The first-order valence-corrected chi connectivity index (χ1v) is 12.0. The molecule has 0 bridgehead atoms. The fourth-order valence-electron chi connectivity index (χ4n) is 2.67. The lowest BCUT2D eigenvalue weighted by Crippen LogP contribution is -2.41. The van der Waals surface area contributed by atoms with Gasteiger partial charge in [-0.05, 0) is 56.1 Å². The van der Waals surface area contributed by atoms with Crippen molar-refractivity contribution in [2.45, 2.75) is 85.1 Å². The molecule has 0 aliphatic heterocycles. The monoisotopic (exact) mass is 457 g/mol. The lowest BCUT2D eigenvalue weighted by molar-refractivity contribution is 0.0941. The number of carbonyl (C=O) groups excluding carboxylic acids is 1. The first-order valence-electron chi connectivity index (χ1n) is 12.0. The summed E-state index contributed by atoms with van der Waals surface area (Å²) in [7, 11) is 1.56. The number of rotatable bonds is 7. The van der Waals surface area contributed by atoms with E-state index in [1.54, 1.807) is 7.11 Å². The summed E-state index contributed by atoms with van der Waals surface area (Å²) >= 11 is 0. The van der Waals surface area contributed by atoms with Crippen LogP contribution in [0.3, 0.4) is 0 Å². The van der Waals surface area contributed by atoms with Gasteiger partial charge in [0.05, 0.1) is 6.61 Å². The van der Waals surface area contributed by atoms with Gasteiger partial charge >= 0.3 is 6.09 Å². The second-order valence-electron chi connectivity index (χ2n) is 9.83.